The van der Waals surface area contributed by atoms with Gasteiger partial charge in [0.25, 0.3) is 0 Å². The lowest BCUT2D eigenvalue weighted by Crippen LogP contribution is -2.47. The fourth-order valence-electron chi connectivity index (χ4n) is 2.13. The van der Waals surface area contributed by atoms with Crippen LogP contribution in [0.2, 0.25) is 5.54 Å². The molecule has 1 aliphatic rings. The first-order valence-electron chi connectivity index (χ1n) is 5.03. The van der Waals surface area contributed by atoms with Crippen LogP contribution in [-0.4, -0.2) is 29.6 Å². The third-order valence-corrected chi connectivity index (χ3v) is 6.18. The van der Waals surface area contributed by atoms with E-state index in [2.05, 4.69) is 0 Å². The molecule has 0 N–H and O–H groups in total. The summed E-state index contributed by atoms with van der Waals surface area (Å²) < 4.78 is 16.7. The van der Waals surface area contributed by atoms with Gasteiger partial charge in [0.05, 0.1) is 0 Å². The van der Waals surface area contributed by atoms with E-state index in [-0.39, 0.29) is 0 Å². The molecule has 0 radical (unpaired) electrons. The predicted molar refractivity (Wildman–Crippen MR) is 53.6 cm³/mol. The van der Waals surface area contributed by atoms with E-state index >= 15 is 0 Å². The van der Waals surface area contributed by atoms with Gasteiger partial charge in [-0.25, -0.2) is 0 Å². The van der Waals surface area contributed by atoms with Crippen molar-refractivity contribution in [3.63, 3.8) is 0 Å². The lowest BCUT2D eigenvalue weighted by molar-refractivity contribution is 0.0926. The molecule has 0 saturated heterocycles. The summed E-state index contributed by atoms with van der Waals surface area (Å²) in [6.07, 6.45) is 4.99. The lowest BCUT2D eigenvalue weighted by Gasteiger charge is -2.30. The third-order valence-electron chi connectivity index (χ3n) is 2.77. The van der Waals surface area contributed by atoms with Gasteiger partial charge in [-0.15, -0.1) is 0 Å². The normalized spacial score (nSPS) is 19.6. The Kier molecular flexibility index (Phi) is 4.38. The molecule has 3 nitrogen and oxygen atoms in total. The largest absolute Gasteiger partial charge is 0.503 e. The van der Waals surface area contributed by atoms with Gasteiger partial charge in [-0.05, 0) is 19.8 Å². The van der Waals surface area contributed by atoms with E-state index in [1.54, 1.807) is 14.2 Å². The fourth-order valence-corrected chi connectivity index (χ4v) is 4.96. The number of rotatable bonds is 5. The molecule has 1 aliphatic carbocycles. The molecule has 4 heteroatoms. The zero-order chi connectivity index (χ0) is 9.73. The molecule has 0 aromatic rings. The average molecular weight is 204 g/mol. The second-order valence-electron chi connectivity index (χ2n) is 3.43. The Labute approximate surface area is 81.7 Å². The molecule has 13 heavy (non-hydrogen) atoms. The highest BCUT2D eigenvalue weighted by Crippen LogP contribution is 2.39. The van der Waals surface area contributed by atoms with Crippen LogP contribution in [0.15, 0.2) is 0 Å². The van der Waals surface area contributed by atoms with Crippen molar-refractivity contribution in [1.82, 2.24) is 0 Å². The molecular weight excluding hydrogens is 184 g/mol. The quantitative estimate of drug-likeness (QED) is 0.643. The Morgan fingerprint density at radius 1 is 1.15 bits per heavy atom. The van der Waals surface area contributed by atoms with Crippen LogP contribution >= 0.6 is 0 Å². The monoisotopic (exact) mass is 204 g/mol. The molecule has 0 spiro atoms. The summed E-state index contributed by atoms with van der Waals surface area (Å²) >= 11 is 0. The van der Waals surface area contributed by atoms with Gasteiger partial charge in [-0.2, -0.15) is 0 Å². The van der Waals surface area contributed by atoms with Gasteiger partial charge >= 0.3 is 8.80 Å². The maximum Gasteiger partial charge on any atom is 0.503 e. The molecule has 1 rings (SSSR count). The van der Waals surface area contributed by atoms with Crippen molar-refractivity contribution in [2.24, 2.45) is 0 Å². The van der Waals surface area contributed by atoms with Gasteiger partial charge in [0.15, 0.2) is 0 Å². The van der Waals surface area contributed by atoms with E-state index in [0.717, 1.165) is 0 Å². The van der Waals surface area contributed by atoms with Gasteiger partial charge in [0.1, 0.15) is 0 Å². The minimum absolute atomic E-state index is 0.530. The first-order valence-corrected chi connectivity index (χ1v) is 6.83. The minimum Gasteiger partial charge on any atom is -0.377 e. The lowest BCUT2D eigenvalue weighted by atomic mass is 10.4. The highest BCUT2D eigenvalue weighted by Gasteiger charge is 2.48. The Morgan fingerprint density at radius 2 is 1.69 bits per heavy atom. The van der Waals surface area contributed by atoms with Gasteiger partial charge in [-0.1, -0.05) is 12.8 Å². The van der Waals surface area contributed by atoms with E-state index in [0.29, 0.717) is 12.1 Å². The molecule has 0 atom stereocenters. The van der Waals surface area contributed by atoms with Crippen molar-refractivity contribution in [1.29, 1.82) is 0 Å². The smallest absolute Gasteiger partial charge is 0.377 e. The van der Waals surface area contributed by atoms with Gasteiger partial charge in [-0.3, -0.25) is 0 Å². The van der Waals surface area contributed by atoms with Crippen LogP contribution in [0.25, 0.3) is 0 Å². The highest BCUT2D eigenvalue weighted by molar-refractivity contribution is 6.62. The summed E-state index contributed by atoms with van der Waals surface area (Å²) in [6.45, 7) is 2.68. The summed E-state index contributed by atoms with van der Waals surface area (Å²) in [7, 11) is 1.11. The van der Waals surface area contributed by atoms with Crippen molar-refractivity contribution < 1.29 is 13.3 Å². The van der Waals surface area contributed by atoms with Crippen molar-refractivity contribution in [3.8, 4) is 0 Å². The predicted octanol–water partition coefficient (Wildman–Crippen LogP) is 2.20. The Morgan fingerprint density at radius 3 is 2.08 bits per heavy atom. The molecule has 0 unspecified atom stereocenters. The van der Waals surface area contributed by atoms with Gasteiger partial charge in [0, 0.05) is 26.4 Å². The van der Waals surface area contributed by atoms with Crippen molar-refractivity contribution in [3.05, 3.63) is 0 Å². The second-order valence-corrected chi connectivity index (χ2v) is 6.55. The summed E-state index contributed by atoms with van der Waals surface area (Å²) in [5, 5.41) is 0. The summed E-state index contributed by atoms with van der Waals surface area (Å²) in [5.74, 6) is 0. The number of hydrogen-bond donors (Lipinski definition) is 0. The average Bonchev–Trinajstić information content (AvgIpc) is 2.68. The maximum atomic E-state index is 5.71. The molecule has 0 aromatic heterocycles. The third kappa shape index (κ3) is 2.31. The molecule has 0 amide bonds. The summed E-state index contributed by atoms with van der Waals surface area (Å²) in [4.78, 5) is 0. The van der Waals surface area contributed by atoms with Gasteiger partial charge in [0.2, 0.25) is 0 Å². The maximum absolute atomic E-state index is 5.71. The molecule has 0 aromatic carbocycles. The van der Waals surface area contributed by atoms with Crippen LogP contribution in [0.1, 0.15) is 32.6 Å². The first-order chi connectivity index (χ1) is 6.29. The van der Waals surface area contributed by atoms with E-state index in [4.69, 9.17) is 13.3 Å². The topological polar surface area (TPSA) is 27.7 Å². The van der Waals surface area contributed by atoms with Crippen LogP contribution in [0, 0.1) is 0 Å². The van der Waals surface area contributed by atoms with E-state index < -0.39 is 8.80 Å². The van der Waals surface area contributed by atoms with Crippen molar-refractivity contribution in [2.75, 3.05) is 20.8 Å². The Balaban J connectivity index is 2.62. The van der Waals surface area contributed by atoms with Crippen molar-refractivity contribution in [2.45, 2.75) is 38.1 Å². The van der Waals surface area contributed by atoms with E-state index in [9.17, 15) is 0 Å². The van der Waals surface area contributed by atoms with Crippen molar-refractivity contribution >= 4 is 8.80 Å². The first kappa shape index (κ1) is 11.2. The molecule has 0 heterocycles. The standard InChI is InChI=1S/C9H20O3Si/c1-4-12-13(10-2,11-3)9-7-5-6-8-9/h9H,4-8H2,1-3H3. The molecular formula is C9H20O3Si. The molecule has 1 fully saturated rings. The second kappa shape index (κ2) is 5.10. The van der Waals surface area contributed by atoms with Crippen LogP contribution in [0.4, 0.5) is 0 Å². The Bertz CT molecular complexity index is 142. The van der Waals surface area contributed by atoms with E-state index in [1.165, 1.54) is 25.7 Å². The molecule has 78 valence electrons. The van der Waals surface area contributed by atoms with E-state index in [1.807, 2.05) is 6.92 Å². The van der Waals surface area contributed by atoms with Gasteiger partial charge < -0.3 is 13.3 Å². The summed E-state index contributed by atoms with van der Waals surface area (Å²) in [6, 6.07) is 0. The zero-order valence-electron chi connectivity index (χ0n) is 8.84. The van der Waals surface area contributed by atoms with Crippen LogP contribution in [0.5, 0.6) is 0 Å². The van der Waals surface area contributed by atoms with Crippen LogP contribution in [0.3, 0.4) is 0 Å². The van der Waals surface area contributed by atoms with Crippen LogP contribution in [-0.2, 0) is 13.3 Å². The SMILES string of the molecule is CCO[Si](OC)(OC)C1CCCC1. The molecule has 1 saturated carbocycles. The number of hydrogen-bond acceptors (Lipinski definition) is 3. The fraction of sp³-hybridized carbons (Fsp3) is 1.00. The zero-order valence-corrected chi connectivity index (χ0v) is 9.84. The minimum atomic E-state index is -2.31. The van der Waals surface area contributed by atoms with Crippen LogP contribution < -0.4 is 0 Å². The summed E-state index contributed by atoms with van der Waals surface area (Å²) in [5.41, 5.74) is 0.530. The highest BCUT2D eigenvalue weighted by atomic mass is 28.4. The molecule has 0 bridgehead atoms. The molecule has 0 aliphatic heterocycles. The Hall–Kier alpha value is 0.0969.